The predicted octanol–water partition coefficient (Wildman–Crippen LogP) is 5.26. The van der Waals surface area contributed by atoms with Crippen LogP contribution in [-0.4, -0.2) is 37.6 Å². The molecule has 3 heterocycles. The number of amides is 3. The molecule has 45 heavy (non-hydrogen) atoms. The fourth-order valence-corrected chi connectivity index (χ4v) is 8.44. The predicted molar refractivity (Wildman–Crippen MR) is 171 cm³/mol. The number of nitro groups is 1. The fraction of sp³-hybridized carbons (Fsp3) is 0.250. The van der Waals surface area contributed by atoms with E-state index in [0.29, 0.717) is 15.6 Å². The summed E-state index contributed by atoms with van der Waals surface area (Å²) >= 11 is 2.04. The Kier molecular flexibility index (Phi) is 7.61. The van der Waals surface area contributed by atoms with Gasteiger partial charge in [0.1, 0.15) is 17.5 Å². The van der Waals surface area contributed by atoms with Gasteiger partial charge in [0.15, 0.2) is 0 Å². The van der Waals surface area contributed by atoms with Gasteiger partial charge in [0.2, 0.25) is 17.7 Å². The number of nitrogens with one attached hydrogen (secondary N) is 1. The lowest BCUT2D eigenvalue weighted by molar-refractivity contribution is -0.384. The Morgan fingerprint density at radius 2 is 1.60 bits per heavy atom. The Morgan fingerprint density at radius 1 is 0.956 bits per heavy atom. The van der Waals surface area contributed by atoms with E-state index in [-0.39, 0.29) is 29.1 Å². The zero-order valence-electron chi connectivity index (χ0n) is 24.4. The number of non-ortho nitro benzene ring substituents is 1. The van der Waals surface area contributed by atoms with Crippen molar-refractivity contribution in [2.75, 3.05) is 10.2 Å². The standard InChI is InChI=1S/C32H28N4O7S2/c1-32(2,3)18-6-4-17(5-7-18)24-25-26(29(40)35(28(25)39)20-10-12-21(13-11-20)36(42)43)44-30-27(24)45-31(41)34(30)16-23(38)33-19-8-14-22(37)15-9-19/h4-15,24-26,37H,16H2,1-3H3,(H,33,38)/t24-,25-,26+/m0/s1. The summed E-state index contributed by atoms with van der Waals surface area (Å²) < 4.78 is 1.33. The molecule has 0 aliphatic carbocycles. The summed E-state index contributed by atoms with van der Waals surface area (Å²) in [4.78, 5) is 66.3. The van der Waals surface area contributed by atoms with E-state index in [1.54, 1.807) is 0 Å². The van der Waals surface area contributed by atoms with Crippen molar-refractivity contribution in [2.24, 2.45) is 5.92 Å². The van der Waals surface area contributed by atoms with Crippen molar-refractivity contribution in [2.45, 2.75) is 48.9 Å². The van der Waals surface area contributed by atoms with Gasteiger partial charge in [-0.15, -0.1) is 0 Å². The molecular weight excluding hydrogens is 617 g/mol. The van der Waals surface area contributed by atoms with E-state index < -0.39 is 44.6 Å². The van der Waals surface area contributed by atoms with Crippen molar-refractivity contribution < 1.29 is 24.4 Å². The highest BCUT2D eigenvalue weighted by atomic mass is 32.2. The third kappa shape index (κ3) is 5.53. The van der Waals surface area contributed by atoms with Gasteiger partial charge in [0.25, 0.3) is 5.69 Å². The van der Waals surface area contributed by atoms with E-state index >= 15 is 0 Å². The monoisotopic (exact) mass is 644 g/mol. The molecule has 6 rings (SSSR count). The molecule has 0 bridgehead atoms. The van der Waals surface area contributed by atoms with Crippen molar-refractivity contribution in [3.63, 3.8) is 0 Å². The molecule has 1 saturated heterocycles. The lowest BCUT2D eigenvalue weighted by Gasteiger charge is -2.31. The van der Waals surface area contributed by atoms with Crippen molar-refractivity contribution in [3.05, 3.63) is 109 Å². The molecule has 2 aliphatic heterocycles. The Morgan fingerprint density at radius 3 is 2.20 bits per heavy atom. The minimum atomic E-state index is -0.895. The maximum absolute atomic E-state index is 14.1. The second-order valence-electron chi connectivity index (χ2n) is 11.9. The zero-order chi connectivity index (χ0) is 32.2. The van der Waals surface area contributed by atoms with E-state index in [9.17, 15) is 34.4 Å². The SMILES string of the molecule is CC(C)(C)c1ccc([C@@H]2c3sc(=O)n(CC(=O)Nc4ccc(O)cc4)c3S[C@H]3C(=O)N(c4ccc([N+](=O)[O-])cc4)C(=O)[C@@H]23)cc1. The number of imide groups is 1. The van der Waals surface area contributed by atoms with Crippen molar-refractivity contribution in [1.82, 2.24) is 4.57 Å². The second-order valence-corrected chi connectivity index (χ2v) is 14.0. The van der Waals surface area contributed by atoms with Gasteiger partial charge in [0, 0.05) is 28.6 Å². The van der Waals surface area contributed by atoms with Crippen LogP contribution in [0.15, 0.2) is 82.6 Å². The molecule has 13 heteroatoms. The van der Waals surface area contributed by atoms with Gasteiger partial charge >= 0.3 is 4.87 Å². The van der Waals surface area contributed by atoms with E-state index in [1.807, 2.05) is 24.3 Å². The number of rotatable bonds is 6. The molecule has 0 unspecified atom stereocenters. The summed E-state index contributed by atoms with van der Waals surface area (Å²) in [6, 6.07) is 19.0. The molecule has 2 aliphatic rings. The van der Waals surface area contributed by atoms with Crippen molar-refractivity contribution >= 4 is 57.9 Å². The maximum Gasteiger partial charge on any atom is 0.308 e. The van der Waals surface area contributed by atoms with Crippen LogP contribution >= 0.6 is 23.1 Å². The van der Waals surface area contributed by atoms with E-state index in [0.717, 1.165) is 39.1 Å². The molecule has 1 aromatic heterocycles. The van der Waals surface area contributed by atoms with Gasteiger partial charge in [-0.2, -0.15) is 0 Å². The van der Waals surface area contributed by atoms with E-state index in [4.69, 9.17) is 0 Å². The van der Waals surface area contributed by atoms with Gasteiger partial charge in [-0.1, -0.05) is 68.1 Å². The molecule has 0 saturated carbocycles. The number of thiazole rings is 1. The van der Waals surface area contributed by atoms with Crippen LogP contribution < -0.4 is 15.1 Å². The number of phenolic OH excluding ortho intramolecular Hbond substituents is 1. The quantitative estimate of drug-likeness (QED) is 0.125. The van der Waals surface area contributed by atoms with Gasteiger partial charge in [0.05, 0.1) is 21.6 Å². The zero-order valence-corrected chi connectivity index (χ0v) is 26.1. The maximum atomic E-state index is 14.1. The van der Waals surface area contributed by atoms with Gasteiger partial charge in [-0.05, 0) is 52.9 Å². The fourth-order valence-electron chi connectivity index (χ4n) is 5.67. The summed E-state index contributed by atoms with van der Waals surface area (Å²) in [6.07, 6.45) is 0. The first-order valence-electron chi connectivity index (χ1n) is 14.1. The largest absolute Gasteiger partial charge is 0.508 e. The molecule has 230 valence electrons. The van der Waals surface area contributed by atoms with Crippen LogP contribution in [0.4, 0.5) is 17.1 Å². The highest BCUT2D eigenvalue weighted by molar-refractivity contribution is 8.00. The van der Waals surface area contributed by atoms with Crippen LogP contribution in [0.1, 0.15) is 42.7 Å². The third-order valence-corrected chi connectivity index (χ3v) is 10.6. The number of nitrogens with zero attached hydrogens (tertiary/aromatic N) is 3. The summed E-state index contributed by atoms with van der Waals surface area (Å²) in [6.45, 7) is 5.94. The van der Waals surface area contributed by atoms with Crippen LogP contribution in [-0.2, 0) is 26.3 Å². The smallest absolute Gasteiger partial charge is 0.308 e. The molecule has 1 fully saturated rings. The number of aromatic hydroxyl groups is 1. The number of hydrogen-bond donors (Lipinski definition) is 2. The second kappa shape index (κ2) is 11.3. The van der Waals surface area contributed by atoms with Crippen LogP contribution in [0.3, 0.4) is 0 Å². The molecule has 3 atom stereocenters. The third-order valence-electron chi connectivity index (χ3n) is 7.96. The van der Waals surface area contributed by atoms with Crippen LogP contribution in [0.25, 0.3) is 0 Å². The van der Waals surface area contributed by atoms with Crippen LogP contribution in [0, 0.1) is 16.0 Å². The molecule has 11 nitrogen and oxygen atoms in total. The molecule has 0 spiro atoms. The molecule has 3 aromatic carbocycles. The van der Waals surface area contributed by atoms with Crippen molar-refractivity contribution in [3.8, 4) is 5.75 Å². The Labute approximate surface area is 265 Å². The Hall–Kier alpha value is -4.75. The van der Waals surface area contributed by atoms with E-state index in [1.165, 1.54) is 53.1 Å². The molecule has 4 aromatic rings. The average Bonchev–Trinajstić information content (AvgIpc) is 3.44. The number of phenols is 1. The summed E-state index contributed by atoms with van der Waals surface area (Å²) in [7, 11) is 0. The number of anilines is 2. The molecule has 3 amide bonds. The molecule has 2 N–H and O–H groups in total. The normalized spacial score (nSPS) is 19.3. The first-order chi connectivity index (χ1) is 21.3. The van der Waals surface area contributed by atoms with Crippen LogP contribution in [0.5, 0.6) is 5.75 Å². The number of hydrogen-bond acceptors (Lipinski definition) is 9. The summed E-state index contributed by atoms with van der Waals surface area (Å²) in [5, 5.41) is 23.0. The molecule has 0 radical (unpaired) electrons. The average molecular weight is 645 g/mol. The lowest BCUT2D eigenvalue weighted by Crippen LogP contribution is -2.33. The summed E-state index contributed by atoms with van der Waals surface area (Å²) in [5.41, 5.74) is 2.20. The number of thioether (sulfide) groups is 1. The Bertz CT molecular complexity index is 1890. The van der Waals surface area contributed by atoms with Gasteiger partial charge in [-0.3, -0.25) is 33.9 Å². The highest BCUT2D eigenvalue weighted by Crippen LogP contribution is 2.54. The minimum absolute atomic E-state index is 0.0437. The number of nitro benzene ring substituents is 1. The Balaban J connectivity index is 1.41. The first kappa shape index (κ1) is 30.3. The number of benzene rings is 3. The minimum Gasteiger partial charge on any atom is -0.508 e. The van der Waals surface area contributed by atoms with Gasteiger partial charge in [-0.25, -0.2) is 4.90 Å². The summed E-state index contributed by atoms with van der Waals surface area (Å²) in [5.74, 6) is -2.87. The number of fused-ring (bicyclic) bond motifs is 2. The van der Waals surface area contributed by atoms with Gasteiger partial charge < -0.3 is 10.4 Å². The topological polar surface area (TPSA) is 152 Å². The highest BCUT2D eigenvalue weighted by Gasteiger charge is 2.56. The number of carbonyl (C=O) groups is 3. The van der Waals surface area contributed by atoms with Crippen LogP contribution in [0.2, 0.25) is 0 Å². The molecular formula is C32H28N4O7S2. The first-order valence-corrected chi connectivity index (χ1v) is 15.7. The van der Waals surface area contributed by atoms with E-state index in [2.05, 4.69) is 26.1 Å². The number of aromatic nitrogens is 1. The van der Waals surface area contributed by atoms with Crippen molar-refractivity contribution in [1.29, 1.82) is 0 Å². The lowest BCUT2D eigenvalue weighted by atomic mass is 9.81. The number of carbonyl (C=O) groups excluding carboxylic acids is 3.